The van der Waals surface area contributed by atoms with Crippen molar-refractivity contribution in [3.8, 4) is 0 Å². The Hall–Kier alpha value is -0.790. The maximum atomic E-state index is 11.9. The summed E-state index contributed by atoms with van der Waals surface area (Å²) >= 11 is 1.10. The lowest BCUT2D eigenvalue weighted by molar-refractivity contribution is -0.133. The third-order valence-corrected chi connectivity index (χ3v) is 3.13. The van der Waals surface area contributed by atoms with Crippen molar-refractivity contribution in [3.63, 3.8) is 0 Å². The van der Waals surface area contributed by atoms with Gasteiger partial charge in [-0.3, -0.25) is 9.59 Å². The molecule has 19 heavy (non-hydrogen) atoms. The molecule has 0 aliphatic heterocycles. The van der Waals surface area contributed by atoms with E-state index in [2.05, 4.69) is 0 Å². The van der Waals surface area contributed by atoms with E-state index in [1.54, 1.807) is 4.90 Å². The van der Waals surface area contributed by atoms with Crippen molar-refractivity contribution in [1.82, 2.24) is 4.90 Å². The van der Waals surface area contributed by atoms with Gasteiger partial charge in [0.2, 0.25) is 5.91 Å². The molecule has 0 aliphatic carbocycles. The lowest BCUT2D eigenvalue weighted by atomic mass is 10.4. The molecule has 0 aromatic rings. The van der Waals surface area contributed by atoms with Crippen molar-refractivity contribution in [1.29, 1.82) is 0 Å². The summed E-state index contributed by atoms with van der Waals surface area (Å²) in [6, 6.07) is 0. The van der Waals surface area contributed by atoms with Gasteiger partial charge < -0.3 is 19.5 Å². The minimum atomic E-state index is -0.909. The number of hydrogen-bond acceptors (Lipinski definition) is 5. The van der Waals surface area contributed by atoms with Crippen LogP contribution in [0.1, 0.15) is 13.8 Å². The van der Waals surface area contributed by atoms with Gasteiger partial charge >= 0.3 is 5.97 Å². The molecule has 1 amide bonds. The van der Waals surface area contributed by atoms with Gasteiger partial charge in [0.15, 0.2) is 0 Å². The number of carbonyl (C=O) groups excluding carboxylic acids is 1. The van der Waals surface area contributed by atoms with Gasteiger partial charge in [-0.1, -0.05) is 0 Å². The number of rotatable bonds is 12. The predicted octanol–water partition coefficient (Wildman–Crippen LogP) is 0.706. The summed E-state index contributed by atoms with van der Waals surface area (Å²) in [5.41, 5.74) is 0. The number of hydrogen-bond donors (Lipinski definition) is 1. The van der Waals surface area contributed by atoms with Crippen LogP contribution in [0.3, 0.4) is 0 Å². The van der Waals surface area contributed by atoms with Crippen LogP contribution in [-0.4, -0.2) is 72.9 Å². The van der Waals surface area contributed by atoms with E-state index in [4.69, 9.17) is 14.6 Å². The van der Waals surface area contributed by atoms with E-state index in [1.165, 1.54) is 0 Å². The molecule has 0 aliphatic rings. The maximum absolute atomic E-state index is 11.9. The first-order valence-corrected chi connectivity index (χ1v) is 7.50. The zero-order valence-corrected chi connectivity index (χ0v) is 12.4. The van der Waals surface area contributed by atoms with Gasteiger partial charge in [-0.2, -0.15) is 0 Å². The molecule has 0 aromatic carbocycles. The number of carboxylic acids is 1. The normalized spacial score (nSPS) is 10.4. The zero-order chi connectivity index (χ0) is 14.5. The van der Waals surface area contributed by atoms with E-state index in [-0.39, 0.29) is 17.4 Å². The van der Waals surface area contributed by atoms with Gasteiger partial charge in [-0.25, -0.2) is 0 Å². The first-order valence-electron chi connectivity index (χ1n) is 6.34. The van der Waals surface area contributed by atoms with Crippen LogP contribution in [0.5, 0.6) is 0 Å². The summed E-state index contributed by atoms with van der Waals surface area (Å²) in [6.45, 7) is 7.00. The monoisotopic (exact) mass is 293 g/mol. The Morgan fingerprint density at radius 3 is 2.00 bits per heavy atom. The second-order valence-electron chi connectivity index (χ2n) is 3.66. The lowest BCUT2D eigenvalue weighted by Gasteiger charge is -2.22. The molecular formula is C12H23NO5S. The maximum Gasteiger partial charge on any atom is 0.313 e. The van der Waals surface area contributed by atoms with Crippen molar-refractivity contribution >= 4 is 23.6 Å². The number of ether oxygens (including phenoxy) is 2. The van der Waals surface area contributed by atoms with E-state index in [0.717, 1.165) is 11.8 Å². The van der Waals surface area contributed by atoms with E-state index in [9.17, 15) is 9.59 Å². The number of thioether (sulfide) groups is 1. The summed E-state index contributed by atoms with van der Waals surface area (Å²) < 4.78 is 10.5. The van der Waals surface area contributed by atoms with Gasteiger partial charge in [0, 0.05) is 26.3 Å². The van der Waals surface area contributed by atoms with Crippen LogP contribution in [0.4, 0.5) is 0 Å². The quantitative estimate of drug-likeness (QED) is 0.534. The first-order chi connectivity index (χ1) is 9.11. The van der Waals surface area contributed by atoms with Crippen LogP contribution in [0.2, 0.25) is 0 Å². The predicted molar refractivity (Wildman–Crippen MR) is 74.5 cm³/mol. The highest BCUT2D eigenvalue weighted by molar-refractivity contribution is 8.00. The second kappa shape index (κ2) is 12.3. The van der Waals surface area contributed by atoms with Crippen LogP contribution in [0, 0.1) is 0 Å². The molecule has 0 bridgehead atoms. The lowest BCUT2D eigenvalue weighted by Crippen LogP contribution is -2.38. The van der Waals surface area contributed by atoms with E-state index < -0.39 is 5.97 Å². The molecule has 0 unspecified atom stereocenters. The highest BCUT2D eigenvalue weighted by Gasteiger charge is 2.13. The molecule has 112 valence electrons. The van der Waals surface area contributed by atoms with Crippen molar-refractivity contribution < 1.29 is 24.2 Å². The average molecular weight is 293 g/mol. The van der Waals surface area contributed by atoms with Crippen molar-refractivity contribution in [2.45, 2.75) is 13.8 Å². The molecule has 0 rings (SSSR count). The van der Waals surface area contributed by atoms with Crippen LogP contribution in [-0.2, 0) is 19.1 Å². The highest BCUT2D eigenvalue weighted by atomic mass is 32.2. The summed E-state index contributed by atoms with van der Waals surface area (Å²) in [6.07, 6.45) is 0. The molecule has 0 saturated carbocycles. The van der Waals surface area contributed by atoms with Gasteiger partial charge in [-0.05, 0) is 13.8 Å². The number of nitrogens with zero attached hydrogens (tertiary/aromatic N) is 1. The Bertz CT molecular complexity index is 253. The van der Waals surface area contributed by atoms with E-state index in [0.29, 0.717) is 39.5 Å². The first kappa shape index (κ1) is 18.2. The summed E-state index contributed by atoms with van der Waals surface area (Å²) in [5, 5.41) is 8.53. The van der Waals surface area contributed by atoms with Crippen LogP contribution in [0.15, 0.2) is 0 Å². The number of aliphatic carboxylic acids is 1. The van der Waals surface area contributed by atoms with E-state index in [1.807, 2.05) is 13.8 Å². The fourth-order valence-electron chi connectivity index (χ4n) is 1.32. The minimum Gasteiger partial charge on any atom is -0.481 e. The molecule has 0 saturated heterocycles. The summed E-state index contributed by atoms with van der Waals surface area (Å²) in [5.74, 6) is -0.875. The summed E-state index contributed by atoms with van der Waals surface area (Å²) in [4.78, 5) is 24.0. The fraction of sp³-hybridized carbons (Fsp3) is 0.833. The largest absolute Gasteiger partial charge is 0.481 e. The Morgan fingerprint density at radius 2 is 1.58 bits per heavy atom. The molecule has 7 heteroatoms. The van der Waals surface area contributed by atoms with Gasteiger partial charge in [0.1, 0.15) is 0 Å². The third kappa shape index (κ3) is 10.8. The number of carbonyl (C=O) groups is 2. The van der Waals surface area contributed by atoms with Crippen molar-refractivity contribution in [2.75, 3.05) is 51.0 Å². The smallest absolute Gasteiger partial charge is 0.313 e. The standard InChI is InChI=1S/C12H23NO5S/c1-3-17-7-5-13(6-8-18-4-2)11(14)9-19-10-12(15)16/h3-10H2,1-2H3,(H,15,16). The molecule has 0 heterocycles. The Morgan fingerprint density at radius 1 is 1.05 bits per heavy atom. The molecule has 0 aromatic heterocycles. The average Bonchev–Trinajstić information content (AvgIpc) is 2.36. The second-order valence-corrected chi connectivity index (χ2v) is 4.65. The molecule has 0 atom stereocenters. The Labute approximate surface area is 118 Å². The molecule has 0 fully saturated rings. The Balaban J connectivity index is 4.04. The fourth-order valence-corrected chi connectivity index (χ4v) is 1.95. The van der Waals surface area contributed by atoms with Crippen LogP contribution < -0.4 is 0 Å². The van der Waals surface area contributed by atoms with Crippen molar-refractivity contribution in [2.24, 2.45) is 0 Å². The summed E-state index contributed by atoms with van der Waals surface area (Å²) in [7, 11) is 0. The topological polar surface area (TPSA) is 76.1 Å². The number of amides is 1. The third-order valence-electron chi connectivity index (χ3n) is 2.22. The van der Waals surface area contributed by atoms with Crippen LogP contribution >= 0.6 is 11.8 Å². The highest BCUT2D eigenvalue weighted by Crippen LogP contribution is 2.03. The molecule has 1 N–H and O–H groups in total. The SMILES string of the molecule is CCOCCN(CCOCC)C(=O)CSCC(=O)O. The Kier molecular flexibility index (Phi) is 11.7. The van der Waals surface area contributed by atoms with E-state index >= 15 is 0 Å². The van der Waals surface area contributed by atoms with Gasteiger partial charge in [-0.15, -0.1) is 11.8 Å². The molecule has 6 nitrogen and oxygen atoms in total. The zero-order valence-electron chi connectivity index (χ0n) is 11.6. The molecular weight excluding hydrogens is 270 g/mol. The van der Waals surface area contributed by atoms with Crippen molar-refractivity contribution in [3.05, 3.63) is 0 Å². The minimum absolute atomic E-state index is 0.0590. The molecule has 0 radical (unpaired) electrons. The van der Waals surface area contributed by atoms with Gasteiger partial charge in [0.25, 0.3) is 0 Å². The molecule has 0 spiro atoms. The number of carboxylic acid groups (broad SMARTS) is 1. The van der Waals surface area contributed by atoms with Gasteiger partial charge in [0.05, 0.1) is 24.7 Å². The van der Waals surface area contributed by atoms with Crippen LogP contribution in [0.25, 0.3) is 0 Å².